The molecule has 0 aliphatic heterocycles. The second-order valence-corrected chi connectivity index (χ2v) is 5.57. The van der Waals surface area contributed by atoms with Crippen molar-refractivity contribution in [1.82, 2.24) is 5.43 Å². The van der Waals surface area contributed by atoms with Crippen molar-refractivity contribution >= 4 is 39.8 Å². The van der Waals surface area contributed by atoms with Gasteiger partial charge in [0.2, 0.25) is 0 Å². The summed E-state index contributed by atoms with van der Waals surface area (Å²) < 4.78 is 6.06. The number of amides is 3. The molecule has 124 valence electrons. The third kappa shape index (κ3) is 6.09. The molecule has 0 aliphatic rings. The summed E-state index contributed by atoms with van der Waals surface area (Å²) in [6.45, 7) is -0.175. The third-order valence-electron chi connectivity index (χ3n) is 2.74. The Morgan fingerprint density at radius 3 is 2.42 bits per heavy atom. The summed E-state index contributed by atoms with van der Waals surface area (Å²) in [5, 5.41) is 6.49. The normalized spacial score (nSPS) is 10.4. The van der Waals surface area contributed by atoms with Gasteiger partial charge in [0.05, 0.1) is 6.21 Å². The molecule has 0 radical (unpaired) electrons. The van der Waals surface area contributed by atoms with Crippen LogP contribution in [0.15, 0.2) is 58.1 Å². The molecule has 2 aromatic rings. The van der Waals surface area contributed by atoms with E-state index in [0.717, 1.165) is 10.0 Å². The van der Waals surface area contributed by atoms with Crippen molar-refractivity contribution in [3.63, 3.8) is 0 Å². The average Bonchev–Trinajstić information content (AvgIpc) is 2.56. The minimum absolute atomic E-state index is 0.175. The van der Waals surface area contributed by atoms with Gasteiger partial charge in [0, 0.05) is 10.2 Å². The molecule has 7 nitrogen and oxygen atoms in total. The quantitative estimate of drug-likeness (QED) is 0.520. The van der Waals surface area contributed by atoms with Crippen LogP contribution in [0, 0.1) is 0 Å². The van der Waals surface area contributed by atoms with Crippen LogP contribution >= 0.6 is 15.9 Å². The fraction of sp³-hybridized carbons (Fsp3) is 0.0625. The highest BCUT2D eigenvalue weighted by atomic mass is 79.9. The molecule has 3 amide bonds. The Balaban J connectivity index is 1.81. The minimum atomic E-state index is -0.540. The summed E-state index contributed by atoms with van der Waals surface area (Å²) in [5.41, 5.74) is 8.77. The summed E-state index contributed by atoms with van der Waals surface area (Å²) >= 11 is 3.32. The highest BCUT2D eigenvalue weighted by Crippen LogP contribution is 2.14. The zero-order chi connectivity index (χ0) is 17.4. The number of anilines is 1. The second kappa shape index (κ2) is 8.68. The zero-order valence-electron chi connectivity index (χ0n) is 12.5. The molecule has 0 heterocycles. The Hall–Kier alpha value is -2.87. The number of rotatable bonds is 6. The highest BCUT2D eigenvalue weighted by Gasteiger charge is 2.00. The number of nitrogens with one attached hydrogen (secondary N) is 2. The van der Waals surface area contributed by atoms with Crippen LogP contribution < -0.4 is 21.2 Å². The second-order valence-electron chi connectivity index (χ2n) is 4.66. The molecule has 0 saturated heterocycles. The van der Waals surface area contributed by atoms with E-state index in [1.165, 1.54) is 6.21 Å². The number of hydrazone groups is 1. The SMILES string of the molecule is NC(=O)COc1ccc(/C=N/NC(=O)Nc2ccc(Br)cc2)cc1. The number of hydrogen-bond donors (Lipinski definition) is 3. The number of halogens is 1. The first-order valence-electron chi connectivity index (χ1n) is 6.90. The average molecular weight is 391 g/mol. The molecule has 0 fully saturated rings. The molecule has 2 aromatic carbocycles. The first kappa shape index (κ1) is 17.5. The molecular formula is C16H15BrN4O3. The van der Waals surface area contributed by atoms with Crippen molar-refractivity contribution in [2.24, 2.45) is 10.8 Å². The van der Waals surface area contributed by atoms with Crippen LogP contribution in [-0.4, -0.2) is 24.8 Å². The van der Waals surface area contributed by atoms with Gasteiger partial charge in [-0.15, -0.1) is 0 Å². The molecule has 0 unspecified atom stereocenters. The fourth-order valence-electron chi connectivity index (χ4n) is 1.66. The largest absolute Gasteiger partial charge is 0.484 e. The molecule has 2 rings (SSSR count). The van der Waals surface area contributed by atoms with Crippen molar-refractivity contribution in [2.75, 3.05) is 11.9 Å². The Morgan fingerprint density at radius 1 is 1.12 bits per heavy atom. The maximum Gasteiger partial charge on any atom is 0.339 e. The van der Waals surface area contributed by atoms with E-state index in [0.29, 0.717) is 11.4 Å². The van der Waals surface area contributed by atoms with E-state index < -0.39 is 11.9 Å². The van der Waals surface area contributed by atoms with Gasteiger partial charge in [-0.1, -0.05) is 15.9 Å². The van der Waals surface area contributed by atoms with Gasteiger partial charge in [-0.05, 0) is 54.1 Å². The molecule has 0 atom stereocenters. The van der Waals surface area contributed by atoms with E-state index in [2.05, 4.69) is 31.8 Å². The zero-order valence-corrected chi connectivity index (χ0v) is 14.1. The van der Waals surface area contributed by atoms with Gasteiger partial charge in [0.1, 0.15) is 5.75 Å². The van der Waals surface area contributed by atoms with Gasteiger partial charge in [0.15, 0.2) is 6.61 Å². The van der Waals surface area contributed by atoms with Crippen molar-refractivity contribution in [3.8, 4) is 5.75 Å². The number of nitrogens with two attached hydrogens (primary N) is 1. The van der Waals surface area contributed by atoms with Crippen LogP contribution in [0.25, 0.3) is 0 Å². The van der Waals surface area contributed by atoms with Gasteiger partial charge >= 0.3 is 6.03 Å². The molecule has 0 saturated carbocycles. The monoisotopic (exact) mass is 390 g/mol. The van der Waals surface area contributed by atoms with Gasteiger partial charge in [-0.25, -0.2) is 10.2 Å². The standard InChI is InChI=1S/C16H15BrN4O3/c17-12-3-5-13(6-4-12)20-16(23)21-19-9-11-1-7-14(8-2-11)24-10-15(18)22/h1-9H,10H2,(H2,18,22)(H2,20,21,23)/b19-9+. The molecule has 0 aliphatic carbocycles. The fourth-order valence-corrected chi connectivity index (χ4v) is 1.93. The summed E-state index contributed by atoms with van der Waals surface area (Å²) in [6, 6.07) is 13.5. The topological polar surface area (TPSA) is 106 Å². The molecular weight excluding hydrogens is 376 g/mol. The van der Waals surface area contributed by atoms with Crippen LogP contribution in [0.3, 0.4) is 0 Å². The van der Waals surface area contributed by atoms with E-state index in [1.54, 1.807) is 36.4 Å². The van der Waals surface area contributed by atoms with Crippen LogP contribution in [0.4, 0.5) is 10.5 Å². The van der Waals surface area contributed by atoms with Crippen molar-refractivity contribution < 1.29 is 14.3 Å². The van der Waals surface area contributed by atoms with E-state index >= 15 is 0 Å². The summed E-state index contributed by atoms with van der Waals surface area (Å²) in [4.78, 5) is 22.3. The molecule has 8 heteroatoms. The number of urea groups is 1. The van der Waals surface area contributed by atoms with Gasteiger partial charge in [0.25, 0.3) is 5.91 Å². The molecule has 0 bridgehead atoms. The molecule has 0 aromatic heterocycles. The first-order chi connectivity index (χ1) is 11.5. The Bertz CT molecular complexity index is 730. The molecule has 4 N–H and O–H groups in total. The maximum absolute atomic E-state index is 11.7. The Kier molecular flexibility index (Phi) is 6.32. The lowest BCUT2D eigenvalue weighted by Gasteiger charge is -2.04. The van der Waals surface area contributed by atoms with Gasteiger partial charge in [-0.3, -0.25) is 4.79 Å². The minimum Gasteiger partial charge on any atom is -0.484 e. The number of ether oxygens (including phenoxy) is 1. The third-order valence-corrected chi connectivity index (χ3v) is 3.27. The van der Waals surface area contributed by atoms with Crippen LogP contribution in [0.2, 0.25) is 0 Å². The maximum atomic E-state index is 11.7. The smallest absolute Gasteiger partial charge is 0.339 e. The predicted octanol–water partition coefficient (Wildman–Crippen LogP) is 2.47. The number of hydrogen-bond acceptors (Lipinski definition) is 4. The Morgan fingerprint density at radius 2 is 1.79 bits per heavy atom. The number of benzene rings is 2. The number of carbonyl (C=O) groups is 2. The Labute approximate surface area is 147 Å². The number of nitrogens with zero attached hydrogens (tertiary/aromatic N) is 1. The van der Waals surface area contributed by atoms with Crippen LogP contribution in [0.1, 0.15) is 5.56 Å². The first-order valence-corrected chi connectivity index (χ1v) is 7.69. The van der Waals surface area contributed by atoms with Crippen LogP contribution in [0.5, 0.6) is 5.75 Å². The number of primary amides is 1. The summed E-state index contributed by atoms with van der Waals surface area (Å²) in [7, 11) is 0. The van der Waals surface area contributed by atoms with Crippen molar-refractivity contribution in [3.05, 3.63) is 58.6 Å². The highest BCUT2D eigenvalue weighted by molar-refractivity contribution is 9.10. The lowest BCUT2D eigenvalue weighted by atomic mass is 10.2. The number of carbonyl (C=O) groups excluding carboxylic acids is 2. The predicted molar refractivity (Wildman–Crippen MR) is 95.0 cm³/mol. The molecule has 0 spiro atoms. The van der Waals surface area contributed by atoms with E-state index in [1.807, 2.05) is 12.1 Å². The van der Waals surface area contributed by atoms with E-state index in [9.17, 15) is 9.59 Å². The lowest BCUT2D eigenvalue weighted by molar-refractivity contribution is -0.119. The van der Waals surface area contributed by atoms with Gasteiger partial charge in [-0.2, -0.15) is 5.10 Å². The summed E-state index contributed by atoms with van der Waals surface area (Å²) in [6.07, 6.45) is 1.49. The van der Waals surface area contributed by atoms with Crippen molar-refractivity contribution in [2.45, 2.75) is 0 Å². The van der Waals surface area contributed by atoms with E-state index in [4.69, 9.17) is 10.5 Å². The lowest BCUT2D eigenvalue weighted by Crippen LogP contribution is -2.24. The van der Waals surface area contributed by atoms with E-state index in [-0.39, 0.29) is 6.61 Å². The van der Waals surface area contributed by atoms with Gasteiger partial charge < -0.3 is 15.8 Å². The summed E-state index contributed by atoms with van der Waals surface area (Å²) in [5.74, 6) is -0.0199. The molecule has 24 heavy (non-hydrogen) atoms. The van der Waals surface area contributed by atoms with Crippen LogP contribution in [-0.2, 0) is 4.79 Å². The van der Waals surface area contributed by atoms with Crippen molar-refractivity contribution in [1.29, 1.82) is 0 Å².